The molecule has 2 rings (SSSR count). The number of rotatable bonds is 5. The number of amides is 2. The van der Waals surface area contributed by atoms with Crippen molar-refractivity contribution in [2.75, 3.05) is 0 Å². The molecule has 1 atom stereocenters. The number of imide groups is 1. The van der Waals surface area contributed by atoms with Crippen LogP contribution in [0.5, 0.6) is 5.88 Å². The largest absolute Gasteiger partial charge is 0.475 e. The van der Waals surface area contributed by atoms with Gasteiger partial charge in [0.15, 0.2) is 0 Å². The first-order valence-electron chi connectivity index (χ1n) is 6.24. The SMILES string of the molecule is CC(C)Oc1ncccc1CNC1CC(=O)NC1=O. The molecule has 6 heteroatoms. The number of carbonyl (C=O) groups is 2. The second-order valence-electron chi connectivity index (χ2n) is 4.68. The van der Waals surface area contributed by atoms with E-state index in [0.29, 0.717) is 12.4 Å². The highest BCUT2D eigenvalue weighted by atomic mass is 16.5. The van der Waals surface area contributed by atoms with Crippen molar-refractivity contribution in [3.8, 4) is 5.88 Å². The van der Waals surface area contributed by atoms with Crippen LogP contribution in [0.15, 0.2) is 18.3 Å². The fraction of sp³-hybridized carbons (Fsp3) is 0.462. The molecule has 0 saturated carbocycles. The van der Waals surface area contributed by atoms with Gasteiger partial charge in [0, 0.05) is 18.3 Å². The van der Waals surface area contributed by atoms with Gasteiger partial charge in [0.2, 0.25) is 17.7 Å². The lowest BCUT2D eigenvalue weighted by molar-refractivity contribution is -0.125. The predicted molar refractivity (Wildman–Crippen MR) is 68.4 cm³/mol. The topological polar surface area (TPSA) is 80.3 Å². The van der Waals surface area contributed by atoms with Crippen LogP contribution in [0.3, 0.4) is 0 Å². The van der Waals surface area contributed by atoms with Gasteiger partial charge >= 0.3 is 0 Å². The van der Waals surface area contributed by atoms with E-state index < -0.39 is 6.04 Å². The normalized spacial score (nSPS) is 18.8. The van der Waals surface area contributed by atoms with Gasteiger partial charge in [-0.15, -0.1) is 0 Å². The summed E-state index contributed by atoms with van der Waals surface area (Å²) in [6.07, 6.45) is 1.87. The number of ether oxygens (including phenoxy) is 1. The molecule has 0 radical (unpaired) electrons. The molecule has 1 aromatic heterocycles. The smallest absolute Gasteiger partial charge is 0.244 e. The maximum atomic E-state index is 11.4. The number of aromatic nitrogens is 1. The van der Waals surface area contributed by atoms with Gasteiger partial charge < -0.3 is 10.1 Å². The van der Waals surface area contributed by atoms with Crippen molar-refractivity contribution in [2.45, 2.75) is 39.0 Å². The quantitative estimate of drug-likeness (QED) is 0.750. The molecule has 0 spiro atoms. The lowest BCUT2D eigenvalue weighted by Gasteiger charge is -2.14. The number of nitrogens with one attached hydrogen (secondary N) is 2. The summed E-state index contributed by atoms with van der Waals surface area (Å²) < 4.78 is 5.59. The van der Waals surface area contributed by atoms with Crippen molar-refractivity contribution in [3.63, 3.8) is 0 Å². The number of hydrogen-bond donors (Lipinski definition) is 2. The van der Waals surface area contributed by atoms with E-state index in [-0.39, 0.29) is 24.3 Å². The highest BCUT2D eigenvalue weighted by Crippen LogP contribution is 2.16. The Morgan fingerprint density at radius 3 is 2.95 bits per heavy atom. The zero-order valence-electron chi connectivity index (χ0n) is 11.0. The number of hydrogen-bond acceptors (Lipinski definition) is 5. The molecule has 0 aliphatic carbocycles. The molecule has 1 saturated heterocycles. The van der Waals surface area contributed by atoms with E-state index in [1.165, 1.54) is 0 Å². The second kappa shape index (κ2) is 5.79. The molecule has 0 bridgehead atoms. The first-order valence-corrected chi connectivity index (χ1v) is 6.24. The van der Waals surface area contributed by atoms with Crippen LogP contribution in [0.2, 0.25) is 0 Å². The first-order chi connectivity index (χ1) is 9.06. The van der Waals surface area contributed by atoms with Crippen molar-refractivity contribution < 1.29 is 14.3 Å². The van der Waals surface area contributed by atoms with Gasteiger partial charge in [-0.05, 0) is 19.9 Å². The number of pyridine rings is 1. The van der Waals surface area contributed by atoms with Crippen molar-refractivity contribution in [1.82, 2.24) is 15.6 Å². The third-order valence-electron chi connectivity index (χ3n) is 2.70. The van der Waals surface area contributed by atoms with Gasteiger partial charge in [-0.3, -0.25) is 14.9 Å². The molecule has 2 heterocycles. The molecule has 19 heavy (non-hydrogen) atoms. The molecule has 6 nitrogen and oxygen atoms in total. The molecule has 102 valence electrons. The Morgan fingerprint density at radius 2 is 2.32 bits per heavy atom. The van der Waals surface area contributed by atoms with Crippen LogP contribution >= 0.6 is 0 Å². The maximum Gasteiger partial charge on any atom is 0.244 e. The maximum absolute atomic E-state index is 11.4. The predicted octanol–water partition coefficient (Wildman–Crippen LogP) is 0.373. The summed E-state index contributed by atoms with van der Waals surface area (Å²) in [5, 5.41) is 5.30. The Labute approximate surface area is 111 Å². The van der Waals surface area contributed by atoms with Gasteiger partial charge in [-0.25, -0.2) is 4.98 Å². The third-order valence-corrected chi connectivity index (χ3v) is 2.70. The van der Waals surface area contributed by atoms with Crippen LogP contribution in [0.4, 0.5) is 0 Å². The molecule has 2 N–H and O–H groups in total. The molecule has 1 fully saturated rings. The van der Waals surface area contributed by atoms with E-state index in [0.717, 1.165) is 5.56 Å². The van der Waals surface area contributed by atoms with Gasteiger partial charge in [-0.2, -0.15) is 0 Å². The highest BCUT2D eigenvalue weighted by molar-refractivity contribution is 6.05. The third kappa shape index (κ3) is 3.51. The Bertz CT molecular complexity index is 488. The molecule has 1 aliphatic heterocycles. The lowest BCUT2D eigenvalue weighted by atomic mass is 10.2. The van der Waals surface area contributed by atoms with E-state index in [2.05, 4.69) is 15.6 Å². The number of carbonyl (C=O) groups excluding carboxylic acids is 2. The van der Waals surface area contributed by atoms with E-state index >= 15 is 0 Å². The summed E-state index contributed by atoms with van der Waals surface area (Å²) in [5.41, 5.74) is 0.864. The molecule has 2 amide bonds. The summed E-state index contributed by atoms with van der Waals surface area (Å²) in [6, 6.07) is 3.22. The summed E-state index contributed by atoms with van der Waals surface area (Å²) in [4.78, 5) is 26.7. The van der Waals surface area contributed by atoms with Gasteiger partial charge in [0.25, 0.3) is 0 Å². The standard InChI is InChI=1S/C13H17N3O3/c1-8(2)19-13-9(4-3-5-14-13)7-15-10-6-11(17)16-12(10)18/h3-5,8,10,15H,6-7H2,1-2H3,(H,16,17,18). The van der Waals surface area contributed by atoms with Crippen LogP contribution in [0, 0.1) is 0 Å². The number of nitrogens with zero attached hydrogens (tertiary/aromatic N) is 1. The molecule has 1 unspecified atom stereocenters. The average Bonchev–Trinajstić information content (AvgIpc) is 2.66. The van der Waals surface area contributed by atoms with Gasteiger partial charge in [0.1, 0.15) is 0 Å². The van der Waals surface area contributed by atoms with Crippen LogP contribution in [0.1, 0.15) is 25.8 Å². The Balaban J connectivity index is 1.99. The fourth-order valence-electron chi connectivity index (χ4n) is 1.84. The van der Waals surface area contributed by atoms with Crippen molar-refractivity contribution in [2.24, 2.45) is 0 Å². The molecule has 1 aromatic rings. The summed E-state index contributed by atoms with van der Waals surface area (Å²) >= 11 is 0. The summed E-state index contributed by atoms with van der Waals surface area (Å²) in [6.45, 7) is 4.28. The minimum atomic E-state index is -0.473. The summed E-state index contributed by atoms with van der Waals surface area (Å²) in [7, 11) is 0. The van der Waals surface area contributed by atoms with Gasteiger partial charge in [0.05, 0.1) is 18.6 Å². The monoisotopic (exact) mass is 263 g/mol. The molecule has 1 aliphatic rings. The highest BCUT2D eigenvalue weighted by Gasteiger charge is 2.30. The minimum absolute atomic E-state index is 0.0324. The lowest BCUT2D eigenvalue weighted by Crippen LogP contribution is -2.36. The zero-order valence-corrected chi connectivity index (χ0v) is 11.0. The van der Waals surface area contributed by atoms with E-state index in [1.807, 2.05) is 26.0 Å². The van der Waals surface area contributed by atoms with E-state index in [9.17, 15) is 9.59 Å². The van der Waals surface area contributed by atoms with Crippen LogP contribution < -0.4 is 15.4 Å². The molecular formula is C13H17N3O3. The van der Waals surface area contributed by atoms with Crippen molar-refractivity contribution >= 4 is 11.8 Å². The van der Waals surface area contributed by atoms with Crippen LogP contribution in [-0.4, -0.2) is 28.9 Å². The average molecular weight is 263 g/mol. The summed E-state index contributed by atoms with van der Waals surface area (Å²) in [5.74, 6) is 0.0299. The zero-order chi connectivity index (χ0) is 13.8. The Kier molecular flexibility index (Phi) is 4.11. The van der Waals surface area contributed by atoms with E-state index in [4.69, 9.17) is 4.74 Å². The van der Waals surface area contributed by atoms with Crippen LogP contribution in [-0.2, 0) is 16.1 Å². The van der Waals surface area contributed by atoms with Crippen LogP contribution in [0.25, 0.3) is 0 Å². The Morgan fingerprint density at radius 1 is 1.53 bits per heavy atom. The van der Waals surface area contributed by atoms with Gasteiger partial charge in [-0.1, -0.05) is 6.07 Å². The molecular weight excluding hydrogens is 246 g/mol. The van der Waals surface area contributed by atoms with Crippen molar-refractivity contribution in [3.05, 3.63) is 23.9 Å². The van der Waals surface area contributed by atoms with Crippen molar-refractivity contribution in [1.29, 1.82) is 0 Å². The fourth-order valence-corrected chi connectivity index (χ4v) is 1.84. The van der Waals surface area contributed by atoms with E-state index in [1.54, 1.807) is 6.20 Å². The second-order valence-corrected chi connectivity index (χ2v) is 4.68. The molecule has 0 aromatic carbocycles. The first kappa shape index (κ1) is 13.5. The Hall–Kier alpha value is -1.95. The minimum Gasteiger partial charge on any atom is -0.475 e.